The molecular formula is C14H10BrN5O. The number of nitrogens with zero attached hydrogens (tertiary/aromatic N) is 4. The summed E-state index contributed by atoms with van der Waals surface area (Å²) in [4.78, 5) is 20.3. The van der Waals surface area contributed by atoms with Gasteiger partial charge in [-0.25, -0.2) is 14.6 Å². The summed E-state index contributed by atoms with van der Waals surface area (Å²) in [6.07, 6.45) is 6.57. The minimum absolute atomic E-state index is 0.233. The van der Waals surface area contributed by atoms with Crippen LogP contribution in [-0.2, 0) is 0 Å². The van der Waals surface area contributed by atoms with Crippen molar-refractivity contribution in [2.45, 2.75) is 0 Å². The Kier molecular flexibility index (Phi) is 3.74. The Bertz CT molecular complexity index is 738. The van der Waals surface area contributed by atoms with E-state index >= 15 is 0 Å². The number of amides is 1. The summed E-state index contributed by atoms with van der Waals surface area (Å²) in [6.45, 7) is 0. The maximum Gasteiger partial charge on any atom is 0.257 e. The van der Waals surface area contributed by atoms with Crippen molar-refractivity contribution in [1.82, 2.24) is 19.7 Å². The molecule has 7 heteroatoms. The van der Waals surface area contributed by atoms with Gasteiger partial charge in [0.1, 0.15) is 4.60 Å². The lowest BCUT2D eigenvalue weighted by Crippen LogP contribution is -2.12. The molecule has 21 heavy (non-hydrogen) atoms. The molecule has 0 radical (unpaired) electrons. The maximum absolute atomic E-state index is 12.0. The van der Waals surface area contributed by atoms with E-state index in [4.69, 9.17) is 0 Å². The maximum atomic E-state index is 12.0. The largest absolute Gasteiger partial charge is 0.321 e. The fraction of sp³-hybridized carbons (Fsp3) is 0. The molecule has 1 amide bonds. The number of nitrogens with one attached hydrogen (secondary N) is 1. The van der Waals surface area contributed by atoms with Gasteiger partial charge in [-0.3, -0.25) is 4.79 Å². The molecule has 0 spiro atoms. The van der Waals surface area contributed by atoms with Crippen molar-refractivity contribution in [3.05, 3.63) is 65.3 Å². The van der Waals surface area contributed by atoms with Gasteiger partial charge in [-0.1, -0.05) is 0 Å². The van der Waals surface area contributed by atoms with Crippen LogP contribution in [0.2, 0.25) is 0 Å². The van der Waals surface area contributed by atoms with E-state index in [2.05, 4.69) is 36.3 Å². The van der Waals surface area contributed by atoms with Crippen LogP contribution < -0.4 is 5.32 Å². The minimum atomic E-state index is -0.233. The Balaban J connectivity index is 1.73. The van der Waals surface area contributed by atoms with Crippen LogP contribution in [-0.4, -0.2) is 25.7 Å². The molecule has 0 aromatic carbocycles. The number of pyridine rings is 2. The molecule has 1 N–H and O–H groups in total. The molecule has 0 aliphatic rings. The first kappa shape index (κ1) is 13.4. The molecule has 3 aromatic heterocycles. The molecular weight excluding hydrogens is 334 g/mol. The summed E-state index contributed by atoms with van der Waals surface area (Å²) in [5, 5.41) is 6.85. The van der Waals surface area contributed by atoms with E-state index < -0.39 is 0 Å². The highest BCUT2D eigenvalue weighted by molar-refractivity contribution is 9.10. The van der Waals surface area contributed by atoms with Crippen molar-refractivity contribution in [3.8, 4) is 5.82 Å². The monoisotopic (exact) mass is 343 g/mol. The Hall–Kier alpha value is -2.54. The van der Waals surface area contributed by atoms with E-state index in [1.807, 2.05) is 6.07 Å². The van der Waals surface area contributed by atoms with Gasteiger partial charge in [0.05, 0.1) is 17.4 Å². The zero-order valence-corrected chi connectivity index (χ0v) is 12.4. The van der Waals surface area contributed by atoms with Crippen LogP contribution in [0.25, 0.3) is 5.82 Å². The summed E-state index contributed by atoms with van der Waals surface area (Å²) in [6, 6.07) is 8.78. The molecule has 0 saturated heterocycles. The van der Waals surface area contributed by atoms with Crippen molar-refractivity contribution in [2.24, 2.45) is 0 Å². The number of rotatable bonds is 3. The Morgan fingerprint density at radius 1 is 1.14 bits per heavy atom. The van der Waals surface area contributed by atoms with Crippen LogP contribution in [0, 0.1) is 0 Å². The lowest BCUT2D eigenvalue weighted by molar-refractivity contribution is 0.102. The highest BCUT2D eigenvalue weighted by Gasteiger charge is 2.07. The zero-order valence-electron chi connectivity index (χ0n) is 10.8. The third-order valence-corrected chi connectivity index (χ3v) is 3.20. The minimum Gasteiger partial charge on any atom is -0.321 e. The van der Waals surface area contributed by atoms with Gasteiger partial charge in [-0.05, 0) is 46.3 Å². The normalized spacial score (nSPS) is 10.3. The van der Waals surface area contributed by atoms with Crippen LogP contribution in [0.3, 0.4) is 0 Å². The molecule has 6 nitrogen and oxygen atoms in total. The van der Waals surface area contributed by atoms with Gasteiger partial charge in [0.15, 0.2) is 5.82 Å². The van der Waals surface area contributed by atoms with Crippen molar-refractivity contribution in [2.75, 3.05) is 5.32 Å². The Labute approximate surface area is 129 Å². The first-order valence-electron chi connectivity index (χ1n) is 6.11. The first-order chi connectivity index (χ1) is 10.2. The van der Waals surface area contributed by atoms with Gasteiger partial charge in [0, 0.05) is 18.6 Å². The molecule has 0 saturated carbocycles. The standard InChI is InChI=1S/C14H10BrN5O/c15-12-4-2-10(8-16-12)14(21)19-11-3-5-13(17-9-11)20-7-1-6-18-20/h1-9H,(H,19,21). The molecule has 3 aromatic rings. The summed E-state index contributed by atoms with van der Waals surface area (Å²) >= 11 is 3.23. The molecule has 104 valence electrons. The molecule has 0 bridgehead atoms. The van der Waals surface area contributed by atoms with Gasteiger partial charge >= 0.3 is 0 Å². The molecule has 3 rings (SSSR count). The van der Waals surface area contributed by atoms with Gasteiger partial charge in [0.2, 0.25) is 0 Å². The van der Waals surface area contributed by atoms with Gasteiger partial charge < -0.3 is 5.32 Å². The molecule has 3 heterocycles. The van der Waals surface area contributed by atoms with Crippen LogP contribution in [0.5, 0.6) is 0 Å². The van der Waals surface area contributed by atoms with Crippen molar-refractivity contribution < 1.29 is 4.79 Å². The van der Waals surface area contributed by atoms with Crippen molar-refractivity contribution >= 4 is 27.5 Å². The predicted octanol–water partition coefficient (Wildman–Crippen LogP) is 2.68. The number of halogens is 1. The predicted molar refractivity (Wildman–Crippen MR) is 81.2 cm³/mol. The molecule has 0 aliphatic heterocycles. The SMILES string of the molecule is O=C(Nc1ccc(-n2cccn2)nc1)c1ccc(Br)nc1. The van der Waals surface area contributed by atoms with Crippen LogP contribution in [0.15, 0.2) is 59.7 Å². The first-order valence-corrected chi connectivity index (χ1v) is 6.91. The van der Waals surface area contributed by atoms with E-state index in [0.29, 0.717) is 21.7 Å². The zero-order chi connectivity index (χ0) is 14.7. The molecule has 0 fully saturated rings. The number of carbonyl (C=O) groups excluding carboxylic acids is 1. The average Bonchev–Trinajstić information content (AvgIpc) is 3.03. The second kappa shape index (κ2) is 5.84. The summed E-state index contributed by atoms with van der Waals surface area (Å²) in [5.74, 6) is 0.451. The highest BCUT2D eigenvalue weighted by atomic mass is 79.9. The lowest BCUT2D eigenvalue weighted by Gasteiger charge is -2.06. The third kappa shape index (κ3) is 3.14. The van der Waals surface area contributed by atoms with Gasteiger partial charge in [0.25, 0.3) is 5.91 Å². The van der Waals surface area contributed by atoms with E-state index in [1.165, 1.54) is 6.20 Å². The van der Waals surface area contributed by atoms with Crippen molar-refractivity contribution in [3.63, 3.8) is 0 Å². The van der Waals surface area contributed by atoms with E-state index in [0.717, 1.165) is 0 Å². The number of aromatic nitrogens is 4. The van der Waals surface area contributed by atoms with Crippen LogP contribution in [0.1, 0.15) is 10.4 Å². The van der Waals surface area contributed by atoms with Gasteiger partial charge in [-0.2, -0.15) is 5.10 Å². The van der Waals surface area contributed by atoms with E-state index in [-0.39, 0.29) is 5.91 Å². The van der Waals surface area contributed by atoms with Crippen LogP contribution in [0.4, 0.5) is 5.69 Å². The smallest absolute Gasteiger partial charge is 0.257 e. The second-order valence-electron chi connectivity index (χ2n) is 4.18. The second-order valence-corrected chi connectivity index (χ2v) is 4.99. The van der Waals surface area contributed by atoms with Crippen LogP contribution >= 0.6 is 15.9 Å². The lowest BCUT2D eigenvalue weighted by atomic mass is 10.2. The Morgan fingerprint density at radius 2 is 2.05 bits per heavy atom. The number of anilines is 1. The van der Waals surface area contributed by atoms with Crippen molar-refractivity contribution in [1.29, 1.82) is 0 Å². The Morgan fingerprint density at radius 3 is 2.67 bits per heavy atom. The molecule has 0 atom stereocenters. The highest BCUT2D eigenvalue weighted by Crippen LogP contribution is 2.12. The summed E-state index contributed by atoms with van der Waals surface area (Å²) in [7, 11) is 0. The average molecular weight is 344 g/mol. The van der Waals surface area contributed by atoms with E-state index in [9.17, 15) is 4.79 Å². The number of hydrogen-bond donors (Lipinski definition) is 1. The fourth-order valence-electron chi connectivity index (χ4n) is 1.71. The van der Waals surface area contributed by atoms with E-state index in [1.54, 1.807) is 47.5 Å². The third-order valence-electron chi connectivity index (χ3n) is 2.73. The number of carbonyl (C=O) groups is 1. The topological polar surface area (TPSA) is 72.7 Å². The summed E-state index contributed by atoms with van der Waals surface area (Å²) < 4.78 is 2.33. The van der Waals surface area contributed by atoms with Gasteiger partial charge in [-0.15, -0.1) is 0 Å². The summed E-state index contributed by atoms with van der Waals surface area (Å²) in [5.41, 5.74) is 1.09. The fourth-order valence-corrected chi connectivity index (χ4v) is 1.95. The number of hydrogen-bond acceptors (Lipinski definition) is 4. The molecule has 0 aliphatic carbocycles. The quantitative estimate of drug-likeness (QED) is 0.742. The molecule has 0 unspecified atom stereocenters.